The zero-order valence-corrected chi connectivity index (χ0v) is 24.2. The molecule has 1 heterocycles. The first kappa shape index (κ1) is 25.8. The first-order valence-corrected chi connectivity index (χ1v) is 15.0. The molecular formula is C42H30N2. The predicted octanol–water partition coefficient (Wildman–Crippen LogP) is 11.6. The predicted molar refractivity (Wildman–Crippen MR) is 186 cm³/mol. The second kappa shape index (κ2) is 11.1. The van der Waals surface area contributed by atoms with E-state index in [0.29, 0.717) is 0 Å². The van der Waals surface area contributed by atoms with Gasteiger partial charge in [0.15, 0.2) is 0 Å². The molecule has 0 saturated carbocycles. The highest BCUT2D eigenvalue weighted by molar-refractivity contribution is 5.90. The van der Waals surface area contributed by atoms with E-state index in [4.69, 9.17) is 0 Å². The third-order valence-corrected chi connectivity index (χ3v) is 8.41. The molecule has 2 nitrogen and oxygen atoms in total. The van der Waals surface area contributed by atoms with Crippen LogP contribution in [0.2, 0.25) is 0 Å². The number of para-hydroxylation sites is 1. The molecule has 8 rings (SSSR count). The molecule has 0 saturated heterocycles. The zero-order chi connectivity index (χ0) is 29.3. The molecule has 208 valence electrons. The molecule has 44 heavy (non-hydrogen) atoms. The summed E-state index contributed by atoms with van der Waals surface area (Å²) in [7, 11) is 0. The Morgan fingerprint density at radius 1 is 0.341 bits per heavy atom. The first-order valence-electron chi connectivity index (χ1n) is 15.0. The summed E-state index contributed by atoms with van der Waals surface area (Å²) in [6.07, 6.45) is 2.15. The van der Waals surface area contributed by atoms with Crippen LogP contribution < -0.4 is 4.90 Å². The van der Waals surface area contributed by atoms with Gasteiger partial charge in [-0.05, 0) is 99.8 Å². The topological polar surface area (TPSA) is 8.17 Å². The van der Waals surface area contributed by atoms with E-state index >= 15 is 0 Å². The van der Waals surface area contributed by atoms with Gasteiger partial charge in [-0.1, -0.05) is 109 Å². The fourth-order valence-electron chi connectivity index (χ4n) is 6.14. The normalized spacial score (nSPS) is 11.2. The Balaban J connectivity index is 1.16. The number of anilines is 3. The van der Waals surface area contributed by atoms with Crippen LogP contribution in [0, 0.1) is 0 Å². The van der Waals surface area contributed by atoms with Crippen LogP contribution in [0.4, 0.5) is 17.1 Å². The van der Waals surface area contributed by atoms with Crippen LogP contribution in [0.5, 0.6) is 0 Å². The van der Waals surface area contributed by atoms with E-state index in [9.17, 15) is 0 Å². The molecule has 0 aliphatic heterocycles. The lowest BCUT2D eigenvalue weighted by Gasteiger charge is -2.26. The summed E-state index contributed by atoms with van der Waals surface area (Å²) >= 11 is 0. The van der Waals surface area contributed by atoms with Crippen LogP contribution in [-0.2, 0) is 0 Å². The summed E-state index contributed by atoms with van der Waals surface area (Å²) < 4.78 is 2.24. The number of hydrogen-bond donors (Lipinski definition) is 0. The Kier molecular flexibility index (Phi) is 6.51. The van der Waals surface area contributed by atoms with Crippen molar-refractivity contribution in [1.82, 2.24) is 4.57 Å². The SMILES string of the molecule is c1ccc(-c2ccc(N(c3ccc(-c4ccc5c(ccn5-c5ccccc5)c4)cc3)c3ccc4ccccc4c3)cc2)cc1. The second-order valence-corrected chi connectivity index (χ2v) is 11.1. The summed E-state index contributed by atoms with van der Waals surface area (Å²) in [4.78, 5) is 2.34. The zero-order valence-electron chi connectivity index (χ0n) is 24.2. The Labute approximate surface area is 257 Å². The van der Waals surface area contributed by atoms with Crippen LogP contribution >= 0.6 is 0 Å². The maximum atomic E-state index is 2.34. The number of benzene rings is 7. The standard InChI is InChI=1S/C42H30N2/c1-3-9-31(10-4-1)33-15-21-39(22-16-33)44(41-25-19-32-11-7-8-12-35(32)30-41)40-23-17-34(18-24-40)36-20-26-42-37(29-36)27-28-43(42)38-13-5-2-6-14-38/h1-30H. The van der Waals surface area contributed by atoms with Gasteiger partial charge in [-0.25, -0.2) is 0 Å². The van der Waals surface area contributed by atoms with Crippen molar-refractivity contribution in [2.75, 3.05) is 4.90 Å². The molecule has 0 N–H and O–H groups in total. The van der Waals surface area contributed by atoms with Crippen LogP contribution in [0.1, 0.15) is 0 Å². The minimum absolute atomic E-state index is 1.12. The van der Waals surface area contributed by atoms with Crippen LogP contribution in [0.3, 0.4) is 0 Å². The van der Waals surface area contributed by atoms with Gasteiger partial charge in [-0.3, -0.25) is 0 Å². The quantitative estimate of drug-likeness (QED) is 0.196. The van der Waals surface area contributed by atoms with Crippen LogP contribution in [0.25, 0.3) is 49.6 Å². The Morgan fingerprint density at radius 2 is 0.886 bits per heavy atom. The van der Waals surface area contributed by atoms with Gasteiger partial charge in [0.1, 0.15) is 0 Å². The van der Waals surface area contributed by atoms with Crippen LogP contribution in [0.15, 0.2) is 182 Å². The largest absolute Gasteiger partial charge is 0.317 e. The van der Waals surface area contributed by atoms with E-state index in [1.54, 1.807) is 0 Å². The van der Waals surface area contributed by atoms with Crippen molar-refractivity contribution in [2.24, 2.45) is 0 Å². The molecule has 7 aromatic carbocycles. The monoisotopic (exact) mass is 562 g/mol. The second-order valence-electron chi connectivity index (χ2n) is 11.1. The lowest BCUT2D eigenvalue weighted by Crippen LogP contribution is -2.09. The Hall–Kier alpha value is -5.86. The molecule has 0 bridgehead atoms. The van der Waals surface area contributed by atoms with E-state index < -0.39 is 0 Å². The number of fused-ring (bicyclic) bond motifs is 2. The average Bonchev–Trinajstić information content (AvgIpc) is 3.53. The van der Waals surface area contributed by atoms with Crippen molar-refractivity contribution >= 4 is 38.7 Å². The Bertz CT molecular complexity index is 2190. The molecule has 0 radical (unpaired) electrons. The van der Waals surface area contributed by atoms with Crippen molar-refractivity contribution in [3.8, 4) is 27.9 Å². The lowest BCUT2D eigenvalue weighted by atomic mass is 10.0. The third-order valence-electron chi connectivity index (χ3n) is 8.41. The molecule has 0 amide bonds. The molecule has 0 atom stereocenters. The Morgan fingerprint density at radius 3 is 1.59 bits per heavy atom. The van der Waals surface area contributed by atoms with Crippen LogP contribution in [-0.4, -0.2) is 4.57 Å². The van der Waals surface area contributed by atoms with Crippen molar-refractivity contribution in [3.05, 3.63) is 182 Å². The highest BCUT2D eigenvalue weighted by atomic mass is 15.1. The highest BCUT2D eigenvalue weighted by Gasteiger charge is 2.14. The van der Waals surface area contributed by atoms with E-state index in [0.717, 1.165) is 17.1 Å². The maximum Gasteiger partial charge on any atom is 0.0528 e. The minimum atomic E-state index is 1.12. The van der Waals surface area contributed by atoms with Gasteiger partial charge in [0.25, 0.3) is 0 Å². The third kappa shape index (κ3) is 4.83. The molecule has 1 aromatic heterocycles. The fourth-order valence-corrected chi connectivity index (χ4v) is 6.14. The number of aromatic nitrogens is 1. The van der Waals surface area contributed by atoms with Gasteiger partial charge in [-0.2, -0.15) is 0 Å². The van der Waals surface area contributed by atoms with E-state index in [2.05, 4.69) is 192 Å². The summed E-state index contributed by atoms with van der Waals surface area (Å²) in [6, 6.07) is 63.0. The minimum Gasteiger partial charge on any atom is -0.317 e. The maximum absolute atomic E-state index is 2.34. The van der Waals surface area contributed by atoms with Gasteiger partial charge < -0.3 is 9.47 Å². The lowest BCUT2D eigenvalue weighted by molar-refractivity contribution is 1.13. The molecule has 2 heteroatoms. The van der Waals surface area contributed by atoms with E-state index in [1.165, 1.54) is 49.6 Å². The molecule has 0 spiro atoms. The number of rotatable bonds is 6. The van der Waals surface area contributed by atoms with Crippen molar-refractivity contribution in [3.63, 3.8) is 0 Å². The summed E-state index contributed by atoms with van der Waals surface area (Å²) in [5, 5.41) is 3.69. The van der Waals surface area contributed by atoms with Gasteiger partial charge in [0.2, 0.25) is 0 Å². The van der Waals surface area contributed by atoms with Crippen molar-refractivity contribution < 1.29 is 0 Å². The smallest absolute Gasteiger partial charge is 0.0528 e. The molecule has 0 fully saturated rings. The summed E-state index contributed by atoms with van der Waals surface area (Å²) in [5.74, 6) is 0. The molecule has 0 unspecified atom stereocenters. The summed E-state index contributed by atoms with van der Waals surface area (Å²) in [6.45, 7) is 0. The van der Waals surface area contributed by atoms with Crippen molar-refractivity contribution in [2.45, 2.75) is 0 Å². The van der Waals surface area contributed by atoms with Gasteiger partial charge in [0.05, 0.1) is 5.52 Å². The van der Waals surface area contributed by atoms with Gasteiger partial charge in [-0.15, -0.1) is 0 Å². The van der Waals surface area contributed by atoms with Gasteiger partial charge in [0, 0.05) is 34.3 Å². The molecular weight excluding hydrogens is 532 g/mol. The van der Waals surface area contributed by atoms with E-state index in [-0.39, 0.29) is 0 Å². The van der Waals surface area contributed by atoms with Crippen molar-refractivity contribution in [1.29, 1.82) is 0 Å². The fraction of sp³-hybridized carbons (Fsp3) is 0. The average molecular weight is 563 g/mol. The molecule has 0 aliphatic rings. The molecule has 0 aliphatic carbocycles. The first-order chi connectivity index (χ1) is 21.8. The summed E-state index contributed by atoms with van der Waals surface area (Å²) in [5.41, 5.74) is 10.6. The number of nitrogens with zero attached hydrogens (tertiary/aromatic N) is 2. The molecule has 8 aromatic rings. The highest BCUT2D eigenvalue weighted by Crippen LogP contribution is 2.38. The number of hydrogen-bond acceptors (Lipinski definition) is 1. The van der Waals surface area contributed by atoms with Gasteiger partial charge >= 0.3 is 0 Å². The van der Waals surface area contributed by atoms with E-state index in [1.807, 2.05) is 0 Å².